The van der Waals surface area contributed by atoms with Gasteiger partial charge in [-0.25, -0.2) is 15.0 Å². The van der Waals surface area contributed by atoms with E-state index in [1.807, 2.05) is 18.2 Å². The first-order chi connectivity index (χ1) is 33.7. The molecule has 0 saturated heterocycles. The molecule has 0 aliphatic carbocycles. The molecule has 0 aliphatic rings. The summed E-state index contributed by atoms with van der Waals surface area (Å²) < 4.78 is 4.72. The number of hydrogen-bond acceptors (Lipinski definition) is 3. The lowest BCUT2D eigenvalue weighted by atomic mass is 9.91. The van der Waals surface area contributed by atoms with Gasteiger partial charge in [-0.15, -0.1) is 0 Å². The van der Waals surface area contributed by atoms with E-state index < -0.39 is 0 Å². The Hall–Kier alpha value is -9.19. The molecule has 0 amide bonds. The summed E-state index contributed by atoms with van der Waals surface area (Å²) in [5, 5.41) is 12.2. The van der Waals surface area contributed by atoms with Crippen molar-refractivity contribution in [3.63, 3.8) is 0 Å². The van der Waals surface area contributed by atoms with Gasteiger partial charge < -0.3 is 9.13 Å². The quantitative estimate of drug-likeness (QED) is 0.156. The fourth-order valence-corrected chi connectivity index (χ4v) is 10.6. The minimum atomic E-state index is 0.599. The highest BCUT2D eigenvalue weighted by atomic mass is 15.0. The number of fused-ring (bicyclic) bond motifs is 12. The van der Waals surface area contributed by atoms with E-state index in [-0.39, 0.29) is 0 Å². The molecule has 14 aromatic rings. The maximum Gasteiger partial charge on any atom is 0.164 e. The van der Waals surface area contributed by atoms with E-state index in [1.54, 1.807) is 0 Å². The van der Waals surface area contributed by atoms with E-state index in [9.17, 15) is 0 Å². The maximum absolute atomic E-state index is 5.42. The summed E-state index contributed by atoms with van der Waals surface area (Å²) in [6.45, 7) is 0. The smallest absolute Gasteiger partial charge is 0.164 e. The standard InChI is InChI=1S/C63H39N5/c1-3-17-40(18-4-1)61-64-62(42-32-34-60-56(39-42)54-27-13-16-30-59(54)67(60)45-19-5-2-6-20-45)66-63(65-61)44-35-43(36-46(37-44)68-57-28-14-11-25-52(57)53-26-12-15-29-58(53)68)41-31-33-51-49-23-8-7-21-47(49)48-22-9-10-24-50(48)55(51)38-41/h1-39H. The van der Waals surface area contributed by atoms with Crippen molar-refractivity contribution in [1.29, 1.82) is 0 Å². The molecular formula is C63H39N5. The highest BCUT2D eigenvalue weighted by molar-refractivity contribution is 6.26. The summed E-state index contributed by atoms with van der Waals surface area (Å²) in [5.41, 5.74) is 11.6. The summed E-state index contributed by atoms with van der Waals surface area (Å²) in [5.74, 6) is 1.83. The minimum Gasteiger partial charge on any atom is -0.309 e. The van der Waals surface area contributed by atoms with Crippen LogP contribution in [0.5, 0.6) is 0 Å². The third-order valence-corrected chi connectivity index (χ3v) is 13.7. The molecular weight excluding hydrogens is 827 g/mol. The zero-order valence-electron chi connectivity index (χ0n) is 36.8. The molecule has 0 fully saturated rings. The van der Waals surface area contributed by atoms with Crippen LogP contribution < -0.4 is 0 Å². The molecule has 11 aromatic carbocycles. The monoisotopic (exact) mass is 865 g/mol. The number of aromatic nitrogens is 5. The van der Waals surface area contributed by atoms with Crippen molar-refractivity contribution in [2.75, 3.05) is 0 Å². The van der Waals surface area contributed by atoms with Crippen LogP contribution in [-0.2, 0) is 0 Å². The van der Waals surface area contributed by atoms with E-state index >= 15 is 0 Å². The molecule has 0 atom stereocenters. The molecule has 0 unspecified atom stereocenters. The first-order valence-corrected chi connectivity index (χ1v) is 23.1. The second-order valence-corrected chi connectivity index (χ2v) is 17.6. The van der Waals surface area contributed by atoms with Crippen LogP contribution in [0, 0.1) is 0 Å². The van der Waals surface area contributed by atoms with Gasteiger partial charge in [0, 0.05) is 49.6 Å². The Kier molecular flexibility index (Phi) is 8.52. The summed E-state index contributed by atoms with van der Waals surface area (Å²) in [6.07, 6.45) is 0. The SMILES string of the molecule is c1ccc(-c2nc(-c3cc(-c4ccc5c6ccccc6c6ccccc6c5c4)cc(-n4c5ccccc5c5ccccc54)c3)nc(-c3ccc4c(c3)c3ccccc3n4-c3ccccc3)n2)cc1. The van der Waals surface area contributed by atoms with Gasteiger partial charge in [-0.3, -0.25) is 0 Å². The largest absolute Gasteiger partial charge is 0.309 e. The Morgan fingerprint density at radius 1 is 0.206 bits per heavy atom. The highest BCUT2D eigenvalue weighted by Crippen LogP contribution is 2.41. The van der Waals surface area contributed by atoms with Crippen molar-refractivity contribution in [3.8, 4) is 56.7 Å². The molecule has 14 rings (SSSR count). The molecule has 0 N–H and O–H groups in total. The predicted octanol–water partition coefficient (Wildman–Crippen LogP) is 16.2. The van der Waals surface area contributed by atoms with E-state index in [1.165, 1.54) is 48.5 Å². The molecule has 3 aromatic heterocycles. The van der Waals surface area contributed by atoms with Gasteiger partial charge in [0.2, 0.25) is 0 Å². The van der Waals surface area contributed by atoms with E-state index in [2.05, 4.69) is 228 Å². The lowest BCUT2D eigenvalue weighted by Crippen LogP contribution is -2.02. The number of benzene rings is 11. The predicted molar refractivity (Wildman–Crippen MR) is 283 cm³/mol. The Labute approximate surface area is 391 Å². The Bertz CT molecular complexity index is 4230. The van der Waals surface area contributed by atoms with Crippen LogP contribution in [0.15, 0.2) is 237 Å². The van der Waals surface area contributed by atoms with Crippen LogP contribution in [-0.4, -0.2) is 24.1 Å². The van der Waals surface area contributed by atoms with Crippen molar-refractivity contribution in [2.45, 2.75) is 0 Å². The minimum absolute atomic E-state index is 0.599. The Morgan fingerprint density at radius 3 is 1.21 bits per heavy atom. The summed E-state index contributed by atoms with van der Waals surface area (Å²) in [4.78, 5) is 16.0. The third-order valence-electron chi connectivity index (χ3n) is 13.7. The van der Waals surface area contributed by atoms with Gasteiger partial charge in [0.25, 0.3) is 0 Å². The van der Waals surface area contributed by atoms with E-state index in [4.69, 9.17) is 15.0 Å². The number of para-hydroxylation sites is 4. The van der Waals surface area contributed by atoms with Gasteiger partial charge in [-0.1, -0.05) is 164 Å². The normalized spacial score (nSPS) is 11.8. The second kappa shape index (κ2) is 15.2. The maximum atomic E-state index is 5.42. The molecule has 3 heterocycles. The average molecular weight is 866 g/mol. The van der Waals surface area contributed by atoms with Crippen LogP contribution in [0.2, 0.25) is 0 Å². The van der Waals surface area contributed by atoms with Gasteiger partial charge in [-0.2, -0.15) is 0 Å². The van der Waals surface area contributed by atoms with Gasteiger partial charge >= 0.3 is 0 Å². The first-order valence-electron chi connectivity index (χ1n) is 23.1. The summed E-state index contributed by atoms with van der Waals surface area (Å²) in [7, 11) is 0. The zero-order valence-corrected chi connectivity index (χ0v) is 36.8. The molecule has 5 heteroatoms. The van der Waals surface area contributed by atoms with Crippen LogP contribution >= 0.6 is 0 Å². The lowest BCUT2D eigenvalue weighted by molar-refractivity contribution is 1.07. The topological polar surface area (TPSA) is 48.5 Å². The highest BCUT2D eigenvalue weighted by Gasteiger charge is 2.20. The molecule has 0 radical (unpaired) electrons. The van der Waals surface area contributed by atoms with E-state index in [0.29, 0.717) is 17.5 Å². The van der Waals surface area contributed by atoms with Gasteiger partial charge in [0.15, 0.2) is 17.5 Å². The van der Waals surface area contributed by atoms with Gasteiger partial charge in [-0.05, 0) is 116 Å². The number of nitrogens with zero attached hydrogens (tertiary/aromatic N) is 5. The van der Waals surface area contributed by atoms with Crippen LogP contribution in [0.25, 0.3) is 133 Å². The fourth-order valence-electron chi connectivity index (χ4n) is 10.6. The Morgan fingerprint density at radius 2 is 0.603 bits per heavy atom. The third kappa shape index (κ3) is 5.99. The molecule has 0 saturated carbocycles. The summed E-state index contributed by atoms with van der Waals surface area (Å²) in [6, 6.07) is 84.7. The van der Waals surface area contributed by atoms with Crippen molar-refractivity contribution >= 4 is 75.9 Å². The van der Waals surface area contributed by atoms with Crippen molar-refractivity contribution in [1.82, 2.24) is 24.1 Å². The average Bonchev–Trinajstić information content (AvgIpc) is 3.94. The van der Waals surface area contributed by atoms with Crippen LogP contribution in [0.1, 0.15) is 0 Å². The van der Waals surface area contributed by atoms with Crippen LogP contribution in [0.4, 0.5) is 0 Å². The second-order valence-electron chi connectivity index (χ2n) is 17.6. The van der Waals surface area contributed by atoms with Gasteiger partial charge in [0.1, 0.15) is 0 Å². The molecule has 0 spiro atoms. The molecule has 316 valence electrons. The first kappa shape index (κ1) is 38.1. The number of rotatable bonds is 6. The van der Waals surface area contributed by atoms with Crippen molar-refractivity contribution in [3.05, 3.63) is 237 Å². The summed E-state index contributed by atoms with van der Waals surface area (Å²) >= 11 is 0. The molecule has 0 bridgehead atoms. The zero-order chi connectivity index (χ0) is 44.7. The van der Waals surface area contributed by atoms with Crippen molar-refractivity contribution < 1.29 is 0 Å². The van der Waals surface area contributed by atoms with Crippen molar-refractivity contribution in [2.24, 2.45) is 0 Å². The van der Waals surface area contributed by atoms with Gasteiger partial charge in [0.05, 0.1) is 22.1 Å². The lowest BCUT2D eigenvalue weighted by Gasteiger charge is -2.16. The number of hydrogen-bond donors (Lipinski definition) is 0. The molecule has 68 heavy (non-hydrogen) atoms. The van der Waals surface area contributed by atoms with Crippen LogP contribution in [0.3, 0.4) is 0 Å². The molecule has 0 aliphatic heterocycles. The Balaban J connectivity index is 1.03. The fraction of sp³-hybridized carbons (Fsp3) is 0. The molecule has 5 nitrogen and oxygen atoms in total. The van der Waals surface area contributed by atoms with E-state index in [0.717, 1.165) is 66.6 Å².